The molecule has 2 unspecified atom stereocenters. The summed E-state index contributed by atoms with van der Waals surface area (Å²) >= 11 is 0. The normalized spacial score (nSPS) is 22.4. The number of carbonyl (C=O) groups is 2. The number of aliphatic carboxylic acids is 1. The molecule has 5 heteroatoms. The summed E-state index contributed by atoms with van der Waals surface area (Å²) in [5, 5.41) is 9.31. The summed E-state index contributed by atoms with van der Waals surface area (Å²) in [7, 11) is 0. The number of rotatable bonds is 3. The highest BCUT2D eigenvalue weighted by atomic mass is 16.4. The third-order valence-corrected chi connectivity index (χ3v) is 3.82. The Morgan fingerprint density at radius 1 is 1.33 bits per heavy atom. The van der Waals surface area contributed by atoms with Crippen molar-refractivity contribution < 1.29 is 14.7 Å². The molecule has 0 bridgehead atoms. The molecule has 1 amide bonds. The van der Waals surface area contributed by atoms with Gasteiger partial charge in [-0.3, -0.25) is 4.79 Å². The molecule has 1 heterocycles. The van der Waals surface area contributed by atoms with Gasteiger partial charge in [0.2, 0.25) is 5.91 Å². The maximum absolute atomic E-state index is 12.2. The highest BCUT2D eigenvalue weighted by Gasteiger charge is 2.36. The lowest BCUT2D eigenvalue weighted by Crippen LogP contribution is -2.51. The molecule has 2 atom stereocenters. The van der Waals surface area contributed by atoms with E-state index in [2.05, 4.69) is 0 Å². The van der Waals surface area contributed by atoms with Gasteiger partial charge in [0, 0.05) is 18.3 Å². The van der Waals surface area contributed by atoms with Crippen molar-refractivity contribution in [2.75, 3.05) is 12.3 Å². The number of hydrogen-bond acceptors (Lipinski definition) is 3. The van der Waals surface area contributed by atoms with E-state index in [-0.39, 0.29) is 11.8 Å². The Balaban J connectivity index is 2.10. The first-order valence-corrected chi connectivity index (χ1v) is 7.06. The van der Waals surface area contributed by atoms with Crippen LogP contribution in [0.4, 0.5) is 5.69 Å². The number of piperidine rings is 1. The molecule has 112 valence electrons. The van der Waals surface area contributed by atoms with Crippen molar-refractivity contribution in [1.82, 2.24) is 4.90 Å². The number of nitrogens with two attached hydrogens (primary N) is 1. The number of carboxylic acid groups (broad SMARTS) is 1. The highest BCUT2D eigenvalue weighted by molar-refractivity contribution is 5.94. The molecule has 1 aromatic rings. The van der Waals surface area contributed by atoms with Crippen LogP contribution in [0.15, 0.2) is 30.3 Å². The molecule has 1 fully saturated rings. The predicted molar refractivity (Wildman–Crippen MR) is 81.4 cm³/mol. The van der Waals surface area contributed by atoms with E-state index in [0.29, 0.717) is 12.2 Å². The number of nitrogen functional groups attached to an aromatic ring is 1. The van der Waals surface area contributed by atoms with Gasteiger partial charge in [-0.1, -0.05) is 19.1 Å². The molecule has 0 radical (unpaired) electrons. The second-order valence-corrected chi connectivity index (χ2v) is 5.43. The number of carboxylic acids is 1. The van der Waals surface area contributed by atoms with Gasteiger partial charge < -0.3 is 15.7 Å². The van der Waals surface area contributed by atoms with Gasteiger partial charge in [0.05, 0.1) is 0 Å². The number of likely N-dealkylation sites (tertiary alicyclic amines) is 1. The summed E-state index contributed by atoms with van der Waals surface area (Å²) in [5.74, 6) is -1.22. The molecular formula is C16H20N2O3. The van der Waals surface area contributed by atoms with Crippen molar-refractivity contribution in [3.05, 3.63) is 35.9 Å². The molecule has 0 aromatic heterocycles. The van der Waals surface area contributed by atoms with Crippen molar-refractivity contribution in [3.63, 3.8) is 0 Å². The number of anilines is 1. The molecule has 3 N–H and O–H groups in total. The molecule has 1 aliphatic heterocycles. The Bertz CT molecular complexity index is 551. The zero-order valence-electron chi connectivity index (χ0n) is 12.0. The first-order valence-electron chi connectivity index (χ1n) is 7.06. The predicted octanol–water partition coefficient (Wildman–Crippen LogP) is 1.99. The van der Waals surface area contributed by atoms with Crippen molar-refractivity contribution >= 4 is 23.6 Å². The zero-order chi connectivity index (χ0) is 15.4. The monoisotopic (exact) mass is 288 g/mol. The third kappa shape index (κ3) is 3.62. The van der Waals surface area contributed by atoms with E-state index in [4.69, 9.17) is 5.73 Å². The fraction of sp³-hybridized carbons (Fsp3) is 0.375. The summed E-state index contributed by atoms with van der Waals surface area (Å²) in [6.45, 7) is 2.37. The maximum Gasteiger partial charge on any atom is 0.326 e. The molecule has 5 nitrogen and oxygen atoms in total. The SMILES string of the molecule is CC1CCCN(C(=O)/C=C/c2ccc(N)cc2)C1C(=O)O. The van der Waals surface area contributed by atoms with Gasteiger partial charge in [0.1, 0.15) is 6.04 Å². The van der Waals surface area contributed by atoms with Crippen LogP contribution in [-0.2, 0) is 9.59 Å². The Kier molecular flexibility index (Phi) is 4.62. The summed E-state index contributed by atoms with van der Waals surface area (Å²) in [6, 6.07) is 6.40. The van der Waals surface area contributed by atoms with E-state index < -0.39 is 12.0 Å². The minimum Gasteiger partial charge on any atom is -0.480 e. The molecule has 21 heavy (non-hydrogen) atoms. The molecule has 2 rings (SSSR count). The van der Waals surface area contributed by atoms with Crippen molar-refractivity contribution in [2.45, 2.75) is 25.8 Å². The highest BCUT2D eigenvalue weighted by Crippen LogP contribution is 2.24. The molecule has 0 aliphatic carbocycles. The Morgan fingerprint density at radius 3 is 2.62 bits per heavy atom. The smallest absolute Gasteiger partial charge is 0.326 e. The minimum absolute atomic E-state index is 0.0230. The molecule has 1 saturated heterocycles. The average molecular weight is 288 g/mol. The van der Waals surface area contributed by atoms with Crippen molar-refractivity contribution in [3.8, 4) is 0 Å². The standard InChI is InChI=1S/C16H20N2O3/c1-11-3-2-10-18(15(11)16(20)21)14(19)9-6-12-4-7-13(17)8-5-12/h4-9,11,15H,2-3,10,17H2,1H3,(H,20,21)/b9-6+. The fourth-order valence-electron chi connectivity index (χ4n) is 2.68. The Labute approximate surface area is 124 Å². The van der Waals surface area contributed by atoms with Crippen LogP contribution in [-0.4, -0.2) is 34.5 Å². The van der Waals surface area contributed by atoms with E-state index in [9.17, 15) is 14.7 Å². The summed E-state index contributed by atoms with van der Waals surface area (Å²) in [4.78, 5) is 25.1. The molecule has 1 aliphatic rings. The second kappa shape index (κ2) is 6.43. The van der Waals surface area contributed by atoms with Gasteiger partial charge in [-0.05, 0) is 42.5 Å². The van der Waals surface area contributed by atoms with Crippen LogP contribution in [0.25, 0.3) is 6.08 Å². The Morgan fingerprint density at radius 2 is 2.00 bits per heavy atom. The molecule has 0 spiro atoms. The topological polar surface area (TPSA) is 83.6 Å². The number of nitrogens with zero attached hydrogens (tertiary/aromatic N) is 1. The lowest BCUT2D eigenvalue weighted by molar-refractivity contribution is -0.152. The molecule has 1 aromatic carbocycles. The van der Waals surface area contributed by atoms with E-state index >= 15 is 0 Å². The van der Waals surface area contributed by atoms with Gasteiger partial charge in [0.15, 0.2) is 0 Å². The van der Waals surface area contributed by atoms with E-state index in [1.807, 2.05) is 19.1 Å². The van der Waals surface area contributed by atoms with Crippen molar-refractivity contribution in [1.29, 1.82) is 0 Å². The van der Waals surface area contributed by atoms with Crippen LogP contribution >= 0.6 is 0 Å². The van der Waals surface area contributed by atoms with Gasteiger partial charge in [0.25, 0.3) is 0 Å². The third-order valence-electron chi connectivity index (χ3n) is 3.82. The fourth-order valence-corrected chi connectivity index (χ4v) is 2.68. The van der Waals surface area contributed by atoms with Crippen molar-refractivity contribution in [2.24, 2.45) is 5.92 Å². The summed E-state index contributed by atoms with van der Waals surface area (Å²) in [6.07, 6.45) is 4.79. The van der Waals surface area contributed by atoms with E-state index in [1.54, 1.807) is 18.2 Å². The summed E-state index contributed by atoms with van der Waals surface area (Å²) in [5.41, 5.74) is 7.12. The van der Waals surface area contributed by atoms with Gasteiger partial charge in [-0.25, -0.2) is 4.79 Å². The van der Waals surface area contributed by atoms with Gasteiger partial charge in [-0.15, -0.1) is 0 Å². The van der Waals surface area contributed by atoms with Crippen LogP contribution in [0.3, 0.4) is 0 Å². The van der Waals surface area contributed by atoms with Gasteiger partial charge >= 0.3 is 5.97 Å². The first-order chi connectivity index (χ1) is 9.99. The van der Waals surface area contributed by atoms with E-state index in [1.165, 1.54) is 11.0 Å². The maximum atomic E-state index is 12.2. The minimum atomic E-state index is -0.934. The second-order valence-electron chi connectivity index (χ2n) is 5.43. The summed E-state index contributed by atoms with van der Waals surface area (Å²) < 4.78 is 0. The van der Waals surface area contributed by atoms with E-state index in [0.717, 1.165) is 18.4 Å². The molecular weight excluding hydrogens is 268 g/mol. The van der Waals surface area contributed by atoms with Crippen LogP contribution in [0.1, 0.15) is 25.3 Å². The van der Waals surface area contributed by atoms with Crippen LogP contribution in [0, 0.1) is 5.92 Å². The number of benzene rings is 1. The molecule has 0 saturated carbocycles. The largest absolute Gasteiger partial charge is 0.480 e. The number of hydrogen-bond donors (Lipinski definition) is 2. The van der Waals surface area contributed by atoms with Crippen LogP contribution < -0.4 is 5.73 Å². The zero-order valence-corrected chi connectivity index (χ0v) is 12.0. The lowest BCUT2D eigenvalue weighted by atomic mass is 9.90. The van der Waals surface area contributed by atoms with Crippen LogP contribution in [0.2, 0.25) is 0 Å². The first kappa shape index (κ1) is 15.1. The number of amides is 1. The number of carbonyl (C=O) groups excluding carboxylic acids is 1. The van der Waals surface area contributed by atoms with Crippen LogP contribution in [0.5, 0.6) is 0 Å². The quantitative estimate of drug-likeness (QED) is 0.658. The average Bonchev–Trinajstić information content (AvgIpc) is 2.45. The van der Waals surface area contributed by atoms with Gasteiger partial charge in [-0.2, -0.15) is 0 Å². The lowest BCUT2D eigenvalue weighted by Gasteiger charge is -2.36. The Hall–Kier alpha value is -2.30.